The molecule has 0 aliphatic carbocycles. The largest absolute Gasteiger partial charge is 0.377 e. The first-order chi connectivity index (χ1) is 4.31. The molecule has 0 aliphatic heterocycles. The van der Waals surface area contributed by atoms with E-state index in [0.717, 1.165) is 12.4 Å². The van der Waals surface area contributed by atoms with E-state index in [9.17, 15) is 0 Å². The highest BCUT2D eigenvalue weighted by Crippen LogP contribution is 1.97. The van der Waals surface area contributed by atoms with E-state index in [1.165, 1.54) is 0 Å². The standard InChI is InChI=1S/C7H14OS/c1-3-4-8-5-7(2)6-9/h3,7,9H,1,4-6H2,2H3. The van der Waals surface area contributed by atoms with Crippen molar-refractivity contribution < 1.29 is 4.74 Å². The molecule has 1 nitrogen and oxygen atoms in total. The normalized spacial score (nSPS) is 13.1. The lowest BCUT2D eigenvalue weighted by Gasteiger charge is -2.05. The van der Waals surface area contributed by atoms with Crippen LogP contribution in [0, 0.1) is 5.92 Å². The number of hydrogen-bond acceptors (Lipinski definition) is 2. The Kier molecular flexibility index (Phi) is 6.21. The molecule has 0 rings (SSSR count). The minimum absolute atomic E-state index is 0.549. The predicted octanol–water partition coefficient (Wildman–Crippen LogP) is 1.75. The SMILES string of the molecule is C=CCOCC(C)CS. The van der Waals surface area contributed by atoms with Crippen LogP contribution >= 0.6 is 12.6 Å². The maximum atomic E-state index is 5.17. The molecule has 1 unspecified atom stereocenters. The first-order valence-corrected chi connectivity index (χ1v) is 3.74. The summed E-state index contributed by atoms with van der Waals surface area (Å²) in [5.74, 6) is 1.44. The summed E-state index contributed by atoms with van der Waals surface area (Å²) >= 11 is 4.11. The second kappa shape index (κ2) is 6.17. The van der Waals surface area contributed by atoms with Gasteiger partial charge >= 0.3 is 0 Å². The zero-order valence-electron chi connectivity index (χ0n) is 5.84. The molecule has 2 heteroatoms. The van der Waals surface area contributed by atoms with E-state index in [1.807, 2.05) is 0 Å². The second-order valence-corrected chi connectivity index (χ2v) is 2.48. The molecule has 54 valence electrons. The molecule has 0 radical (unpaired) electrons. The molecule has 0 N–H and O–H groups in total. The maximum absolute atomic E-state index is 5.17. The monoisotopic (exact) mass is 146 g/mol. The summed E-state index contributed by atoms with van der Waals surface area (Å²) in [7, 11) is 0. The third kappa shape index (κ3) is 5.93. The van der Waals surface area contributed by atoms with Gasteiger partial charge in [-0.15, -0.1) is 6.58 Å². The molecule has 0 spiro atoms. The van der Waals surface area contributed by atoms with Gasteiger partial charge in [0.15, 0.2) is 0 Å². The minimum atomic E-state index is 0.549. The van der Waals surface area contributed by atoms with Crippen molar-refractivity contribution in [3.8, 4) is 0 Å². The Morgan fingerprint density at radius 1 is 1.78 bits per heavy atom. The van der Waals surface area contributed by atoms with E-state index in [4.69, 9.17) is 4.74 Å². The van der Waals surface area contributed by atoms with Crippen molar-refractivity contribution in [2.75, 3.05) is 19.0 Å². The molecular formula is C7H14OS. The van der Waals surface area contributed by atoms with E-state index in [0.29, 0.717) is 12.5 Å². The molecule has 0 aromatic rings. The lowest BCUT2D eigenvalue weighted by molar-refractivity contribution is 0.136. The maximum Gasteiger partial charge on any atom is 0.0644 e. The molecule has 0 aromatic carbocycles. The van der Waals surface area contributed by atoms with E-state index in [1.54, 1.807) is 6.08 Å². The van der Waals surface area contributed by atoms with Crippen molar-refractivity contribution in [3.05, 3.63) is 12.7 Å². The van der Waals surface area contributed by atoms with Crippen LogP contribution in [0.1, 0.15) is 6.92 Å². The Hall–Kier alpha value is 0.0500. The van der Waals surface area contributed by atoms with Crippen molar-refractivity contribution >= 4 is 12.6 Å². The van der Waals surface area contributed by atoms with Crippen LogP contribution in [0.4, 0.5) is 0 Å². The van der Waals surface area contributed by atoms with Crippen molar-refractivity contribution in [2.24, 2.45) is 5.92 Å². The fraction of sp³-hybridized carbons (Fsp3) is 0.714. The van der Waals surface area contributed by atoms with Crippen LogP contribution < -0.4 is 0 Å². The molecule has 0 saturated heterocycles. The molecule has 0 amide bonds. The van der Waals surface area contributed by atoms with Crippen LogP contribution in [-0.2, 0) is 4.74 Å². The molecule has 0 saturated carbocycles. The average molecular weight is 146 g/mol. The van der Waals surface area contributed by atoms with E-state index in [2.05, 4.69) is 26.1 Å². The number of hydrogen-bond donors (Lipinski definition) is 1. The van der Waals surface area contributed by atoms with Crippen LogP contribution in [0.5, 0.6) is 0 Å². The van der Waals surface area contributed by atoms with Crippen molar-refractivity contribution in [1.82, 2.24) is 0 Å². The van der Waals surface area contributed by atoms with Gasteiger partial charge in [0, 0.05) is 0 Å². The van der Waals surface area contributed by atoms with Gasteiger partial charge in [0.1, 0.15) is 0 Å². The highest BCUT2D eigenvalue weighted by molar-refractivity contribution is 7.80. The summed E-state index contributed by atoms with van der Waals surface area (Å²) in [6.07, 6.45) is 1.76. The fourth-order valence-electron chi connectivity index (χ4n) is 0.405. The Morgan fingerprint density at radius 3 is 2.89 bits per heavy atom. The van der Waals surface area contributed by atoms with Gasteiger partial charge in [-0.2, -0.15) is 12.6 Å². The van der Waals surface area contributed by atoms with Gasteiger partial charge in [-0.3, -0.25) is 0 Å². The molecule has 1 atom stereocenters. The lowest BCUT2D eigenvalue weighted by atomic mass is 10.2. The van der Waals surface area contributed by atoms with Crippen LogP contribution in [0.25, 0.3) is 0 Å². The molecule has 9 heavy (non-hydrogen) atoms. The number of ether oxygens (including phenoxy) is 1. The Balaban J connectivity index is 2.96. The molecule has 0 aromatic heterocycles. The van der Waals surface area contributed by atoms with Gasteiger partial charge in [0.25, 0.3) is 0 Å². The summed E-state index contributed by atoms with van der Waals surface area (Å²) in [6, 6.07) is 0. The quantitative estimate of drug-likeness (QED) is 0.353. The van der Waals surface area contributed by atoms with E-state index >= 15 is 0 Å². The first kappa shape index (κ1) is 9.05. The summed E-state index contributed by atoms with van der Waals surface area (Å²) < 4.78 is 5.17. The summed E-state index contributed by atoms with van der Waals surface area (Å²) in [4.78, 5) is 0. The topological polar surface area (TPSA) is 9.23 Å². The van der Waals surface area contributed by atoms with Gasteiger partial charge in [-0.25, -0.2) is 0 Å². The molecule has 0 fully saturated rings. The predicted molar refractivity (Wildman–Crippen MR) is 44.0 cm³/mol. The van der Waals surface area contributed by atoms with Crippen molar-refractivity contribution in [2.45, 2.75) is 6.92 Å². The van der Waals surface area contributed by atoms with Crippen LogP contribution in [0.3, 0.4) is 0 Å². The third-order valence-electron chi connectivity index (χ3n) is 0.950. The zero-order valence-corrected chi connectivity index (χ0v) is 6.73. The first-order valence-electron chi connectivity index (χ1n) is 3.10. The Labute approximate surface area is 62.5 Å². The van der Waals surface area contributed by atoms with Gasteiger partial charge in [-0.05, 0) is 11.7 Å². The van der Waals surface area contributed by atoms with Crippen LogP contribution in [0.2, 0.25) is 0 Å². The van der Waals surface area contributed by atoms with E-state index < -0.39 is 0 Å². The Bertz CT molecular complexity index is 73.3. The summed E-state index contributed by atoms with van der Waals surface area (Å²) in [5, 5.41) is 0. The summed E-state index contributed by atoms with van der Waals surface area (Å²) in [6.45, 7) is 7.08. The molecule has 0 bridgehead atoms. The smallest absolute Gasteiger partial charge is 0.0644 e. The van der Waals surface area contributed by atoms with E-state index in [-0.39, 0.29) is 0 Å². The fourth-order valence-corrected chi connectivity index (χ4v) is 0.511. The van der Waals surface area contributed by atoms with Gasteiger partial charge in [0.05, 0.1) is 13.2 Å². The van der Waals surface area contributed by atoms with Crippen LogP contribution in [0.15, 0.2) is 12.7 Å². The minimum Gasteiger partial charge on any atom is -0.377 e. The van der Waals surface area contributed by atoms with Crippen LogP contribution in [-0.4, -0.2) is 19.0 Å². The number of thiol groups is 1. The lowest BCUT2D eigenvalue weighted by Crippen LogP contribution is -2.06. The average Bonchev–Trinajstić information content (AvgIpc) is 1.89. The molecular weight excluding hydrogens is 132 g/mol. The molecule has 0 heterocycles. The molecule has 0 aliphatic rings. The Morgan fingerprint density at radius 2 is 2.44 bits per heavy atom. The highest BCUT2D eigenvalue weighted by Gasteiger charge is 1.95. The zero-order chi connectivity index (χ0) is 7.11. The van der Waals surface area contributed by atoms with Gasteiger partial charge in [-0.1, -0.05) is 13.0 Å². The van der Waals surface area contributed by atoms with Gasteiger partial charge in [0.2, 0.25) is 0 Å². The highest BCUT2D eigenvalue weighted by atomic mass is 32.1. The second-order valence-electron chi connectivity index (χ2n) is 2.11. The van der Waals surface area contributed by atoms with Crippen molar-refractivity contribution in [1.29, 1.82) is 0 Å². The summed E-state index contributed by atoms with van der Waals surface area (Å²) in [5.41, 5.74) is 0. The third-order valence-corrected chi connectivity index (χ3v) is 1.57. The number of rotatable bonds is 5. The van der Waals surface area contributed by atoms with Crippen molar-refractivity contribution in [3.63, 3.8) is 0 Å². The van der Waals surface area contributed by atoms with Gasteiger partial charge < -0.3 is 4.74 Å².